The summed E-state index contributed by atoms with van der Waals surface area (Å²) in [6.45, 7) is 3.42. The highest BCUT2D eigenvalue weighted by Crippen LogP contribution is 2.35. The first-order valence-corrected chi connectivity index (χ1v) is 8.29. The quantitative estimate of drug-likeness (QED) is 0.776. The van der Waals surface area contributed by atoms with Gasteiger partial charge < -0.3 is 14.6 Å². The largest absolute Gasteiger partial charge is 0.456 e. The summed E-state index contributed by atoms with van der Waals surface area (Å²) in [6.07, 6.45) is -1.96. The van der Waals surface area contributed by atoms with Crippen LogP contribution in [0.5, 0.6) is 0 Å². The highest BCUT2D eigenvalue weighted by atomic mass is 16.6. The summed E-state index contributed by atoms with van der Waals surface area (Å²) in [5.41, 5.74) is -0.796. The second-order valence-corrected chi connectivity index (χ2v) is 6.33. The molecule has 26 heavy (non-hydrogen) atoms. The number of carbonyl (C=O) groups excluding carboxylic acids is 1. The van der Waals surface area contributed by atoms with Crippen molar-refractivity contribution in [3.63, 3.8) is 0 Å². The molecule has 2 heterocycles. The maximum absolute atomic E-state index is 12.2. The van der Waals surface area contributed by atoms with E-state index in [4.69, 9.17) is 9.47 Å². The number of hydrogen-bond acceptors (Lipinski definition) is 6. The van der Waals surface area contributed by atoms with Gasteiger partial charge in [-0.3, -0.25) is 14.3 Å². The molecule has 2 N–H and O–H groups in total. The Balaban J connectivity index is 1.75. The van der Waals surface area contributed by atoms with Gasteiger partial charge in [0, 0.05) is 18.2 Å². The van der Waals surface area contributed by atoms with Crippen LogP contribution in [0.25, 0.3) is 0 Å². The van der Waals surface area contributed by atoms with Crippen LogP contribution in [0.3, 0.4) is 0 Å². The van der Waals surface area contributed by atoms with Crippen LogP contribution in [0.15, 0.2) is 52.2 Å². The number of rotatable bonds is 4. The molecule has 8 heteroatoms. The van der Waals surface area contributed by atoms with Gasteiger partial charge in [0.05, 0.1) is 5.56 Å². The molecule has 0 bridgehead atoms. The zero-order valence-electron chi connectivity index (χ0n) is 14.4. The average molecular weight is 360 g/mol. The first kappa shape index (κ1) is 18.1. The van der Waals surface area contributed by atoms with Crippen molar-refractivity contribution in [3.05, 3.63) is 69.0 Å². The summed E-state index contributed by atoms with van der Waals surface area (Å²) in [5.74, 6) is -0.884. The van der Waals surface area contributed by atoms with Crippen molar-refractivity contribution in [2.45, 2.75) is 38.4 Å². The summed E-state index contributed by atoms with van der Waals surface area (Å²) in [5, 5.41) is 10.5. The second-order valence-electron chi connectivity index (χ2n) is 6.33. The van der Waals surface area contributed by atoms with Gasteiger partial charge in [-0.2, -0.15) is 0 Å². The molecule has 0 radical (unpaired) electrons. The van der Waals surface area contributed by atoms with Gasteiger partial charge in [-0.05, 0) is 19.1 Å². The molecule has 3 rings (SSSR count). The Morgan fingerprint density at radius 3 is 2.62 bits per heavy atom. The van der Waals surface area contributed by atoms with Gasteiger partial charge in [-0.25, -0.2) is 9.59 Å². The molecule has 1 fully saturated rings. The fraction of sp³-hybridized carbons (Fsp3) is 0.389. The van der Waals surface area contributed by atoms with E-state index in [1.165, 1.54) is 12.3 Å². The minimum Gasteiger partial charge on any atom is -0.456 e. The van der Waals surface area contributed by atoms with Crippen molar-refractivity contribution in [2.75, 3.05) is 0 Å². The average Bonchev–Trinajstić information content (AvgIpc) is 2.91. The molecule has 0 amide bonds. The van der Waals surface area contributed by atoms with Gasteiger partial charge in [0.2, 0.25) is 0 Å². The standard InChI is InChI=1S/C18H20N2O6/c1-10-14(22)16(20-9-8-13(21)19-18(20)24)26-15(10)11(2)25-17(23)12-6-4-3-5-7-12/h3-11,14-16,22H,1-2H3,(H,19,21,24)/t10-,11+,14-,15?,16+/m0/s1. The molecule has 1 aliphatic heterocycles. The molecule has 1 aliphatic rings. The van der Waals surface area contributed by atoms with E-state index in [1.807, 2.05) is 0 Å². The predicted octanol–water partition coefficient (Wildman–Crippen LogP) is 0.676. The normalized spacial score (nSPS) is 26.4. The molecule has 8 nitrogen and oxygen atoms in total. The number of hydrogen-bond donors (Lipinski definition) is 2. The third-order valence-corrected chi connectivity index (χ3v) is 4.54. The lowest BCUT2D eigenvalue weighted by Crippen LogP contribution is -2.35. The number of aromatic nitrogens is 2. The van der Waals surface area contributed by atoms with E-state index >= 15 is 0 Å². The van der Waals surface area contributed by atoms with Crippen molar-refractivity contribution < 1.29 is 19.4 Å². The zero-order chi connectivity index (χ0) is 18.8. The summed E-state index contributed by atoms with van der Waals surface area (Å²) in [4.78, 5) is 37.5. The molecule has 5 atom stereocenters. The lowest BCUT2D eigenvalue weighted by atomic mass is 9.97. The molecule has 138 valence electrons. The van der Waals surface area contributed by atoms with E-state index < -0.39 is 47.7 Å². The maximum Gasteiger partial charge on any atom is 0.338 e. The van der Waals surface area contributed by atoms with Crippen LogP contribution in [-0.4, -0.2) is 38.9 Å². The zero-order valence-corrected chi connectivity index (χ0v) is 14.4. The fourth-order valence-corrected chi connectivity index (χ4v) is 3.09. The Morgan fingerprint density at radius 2 is 1.96 bits per heavy atom. The molecule has 0 spiro atoms. The van der Waals surface area contributed by atoms with E-state index in [-0.39, 0.29) is 0 Å². The van der Waals surface area contributed by atoms with Crippen molar-refractivity contribution >= 4 is 5.97 Å². The molecule has 1 unspecified atom stereocenters. The van der Waals surface area contributed by atoms with Gasteiger partial charge in [0.1, 0.15) is 18.3 Å². The molecule has 1 saturated heterocycles. The highest BCUT2D eigenvalue weighted by Gasteiger charge is 2.45. The number of ether oxygens (including phenoxy) is 2. The van der Waals surface area contributed by atoms with Gasteiger partial charge in [-0.15, -0.1) is 0 Å². The minimum absolute atomic E-state index is 0.391. The Morgan fingerprint density at radius 1 is 1.27 bits per heavy atom. The van der Waals surface area contributed by atoms with Crippen LogP contribution in [-0.2, 0) is 9.47 Å². The Labute approximate surface area is 149 Å². The lowest BCUT2D eigenvalue weighted by molar-refractivity contribution is -0.0808. The summed E-state index contributed by atoms with van der Waals surface area (Å²) >= 11 is 0. The van der Waals surface area contributed by atoms with E-state index in [9.17, 15) is 19.5 Å². The minimum atomic E-state index is -0.999. The molecule has 1 aromatic carbocycles. The number of nitrogens with one attached hydrogen (secondary N) is 1. The Hall–Kier alpha value is -2.71. The number of aliphatic hydroxyl groups is 1. The lowest BCUT2D eigenvalue weighted by Gasteiger charge is -2.23. The number of carbonyl (C=O) groups is 1. The molecule has 0 aliphatic carbocycles. The van der Waals surface area contributed by atoms with Crippen LogP contribution < -0.4 is 11.2 Å². The number of nitrogens with zero attached hydrogens (tertiary/aromatic N) is 1. The second kappa shape index (κ2) is 7.27. The Kier molecular flexibility index (Phi) is 5.06. The number of aliphatic hydroxyl groups excluding tert-OH is 1. The van der Waals surface area contributed by atoms with Gasteiger partial charge in [0.15, 0.2) is 6.23 Å². The van der Waals surface area contributed by atoms with Crippen molar-refractivity contribution in [3.8, 4) is 0 Å². The van der Waals surface area contributed by atoms with Crippen molar-refractivity contribution in [1.82, 2.24) is 9.55 Å². The number of aromatic amines is 1. The van der Waals surface area contributed by atoms with Crippen LogP contribution in [0, 0.1) is 5.92 Å². The van der Waals surface area contributed by atoms with Crippen molar-refractivity contribution in [1.29, 1.82) is 0 Å². The molecular formula is C18H20N2O6. The smallest absolute Gasteiger partial charge is 0.338 e. The monoisotopic (exact) mass is 360 g/mol. The SMILES string of the molecule is C[C@@H]1C([C@@H](C)OC(=O)c2ccccc2)O[C@@H](n2ccc(=O)[nH]c2=O)[C@H]1O. The van der Waals surface area contributed by atoms with Crippen LogP contribution in [0.1, 0.15) is 30.4 Å². The molecule has 2 aromatic rings. The van der Waals surface area contributed by atoms with E-state index in [0.717, 1.165) is 4.57 Å². The summed E-state index contributed by atoms with van der Waals surface area (Å²) in [6, 6.07) is 9.73. The van der Waals surface area contributed by atoms with Crippen LogP contribution >= 0.6 is 0 Å². The van der Waals surface area contributed by atoms with Crippen LogP contribution in [0.2, 0.25) is 0 Å². The van der Waals surface area contributed by atoms with E-state index in [1.54, 1.807) is 44.2 Å². The third kappa shape index (κ3) is 3.47. The van der Waals surface area contributed by atoms with Gasteiger partial charge in [-0.1, -0.05) is 25.1 Å². The van der Waals surface area contributed by atoms with Crippen LogP contribution in [0.4, 0.5) is 0 Å². The predicted molar refractivity (Wildman–Crippen MR) is 91.7 cm³/mol. The van der Waals surface area contributed by atoms with Crippen molar-refractivity contribution in [2.24, 2.45) is 5.92 Å². The summed E-state index contributed by atoms with van der Waals surface area (Å²) in [7, 11) is 0. The fourth-order valence-electron chi connectivity index (χ4n) is 3.09. The number of benzene rings is 1. The maximum atomic E-state index is 12.2. The molecule has 0 saturated carbocycles. The van der Waals surface area contributed by atoms with E-state index in [2.05, 4.69) is 4.98 Å². The highest BCUT2D eigenvalue weighted by molar-refractivity contribution is 5.89. The third-order valence-electron chi connectivity index (χ3n) is 4.54. The summed E-state index contributed by atoms with van der Waals surface area (Å²) < 4.78 is 12.4. The first-order valence-electron chi connectivity index (χ1n) is 8.29. The topological polar surface area (TPSA) is 111 Å². The number of H-pyrrole nitrogens is 1. The Bertz CT molecular complexity index is 890. The molecule has 1 aromatic heterocycles. The van der Waals surface area contributed by atoms with Gasteiger partial charge in [0.25, 0.3) is 5.56 Å². The number of esters is 1. The van der Waals surface area contributed by atoms with E-state index in [0.29, 0.717) is 5.56 Å². The first-order chi connectivity index (χ1) is 12.4. The van der Waals surface area contributed by atoms with Gasteiger partial charge >= 0.3 is 11.7 Å². The molecular weight excluding hydrogens is 340 g/mol.